The van der Waals surface area contributed by atoms with Gasteiger partial charge in [0.15, 0.2) is 0 Å². The second kappa shape index (κ2) is 13.9. The van der Waals surface area contributed by atoms with Crippen molar-refractivity contribution in [3.63, 3.8) is 0 Å². The first-order valence-electron chi connectivity index (χ1n) is 10.3. The molecule has 0 amide bonds. The van der Waals surface area contributed by atoms with Crippen molar-refractivity contribution in [2.24, 2.45) is 0 Å². The molecule has 12 heteroatoms. The number of aliphatic carboxylic acids is 4. The molecule has 0 bridgehead atoms. The van der Waals surface area contributed by atoms with Crippen molar-refractivity contribution in [1.29, 1.82) is 0 Å². The zero-order valence-corrected chi connectivity index (χ0v) is 18.0. The van der Waals surface area contributed by atoms with Gasteiger partial charge in [0, 0.05) is 38.8 Å². The number of carboxylic acid groups (broad SMARTS) is 4. The highest BCUT2D eigenvalue weighted by atomic mass is 16.4. The molecule has 0 aromatic rings. The molecule has 0 spiro atoms. The summed E-state index contributed by atoms with van der Waals surface area (Å²) in [7, 11) is 0. The average Bonchev–Trinajstić information content (AvgIpc) is 2.63. The van der Waals surface area contributed by atoms with E-state index in [0.717, 1.165) is 0 Å². The Morgan fingerprint density at radius 2 is 1.00 bits per heavy atom. The van der Waals surface area contributed by atoms with Gasteiger partial charge in [-0.25, -0.2) is 0 Å². The van der Waals surface area contributed by atoms with Gasteiger partial charge in [-0.3, -0.25) is 38.8 Å². The lowest BCUT2D eigenvalue weighted by molar-refractivity contribution is -0.141. The smallest absolute Gasteiger partial charge is 0.317 e. The summed E-state index contributed by atoms with van der Waals surface area (Å²) in [5, 5.41) is 36.8. The third-order valence-corrected chi connectivity index (χ3v) is 5.20. The van der Waals surface area contributed by atoms with Gasteiger partial charge < -0.3 is 20.4 Å². The molecule has 31 heavy (non-hydrogen) atoms. The van der Waals surface area contributed by atoms with Crippen molar-refractivity contribution < 1.29 is 39.6 Å². The maximum atomic E-state index is 11.3. The Morgan fingerprint density at radius 1 is 0.613 bits per heavy atom. The lowest BCUT2D eigenvalue weighted by Crippen LogP contribution is -2.49. The van der Waals surface area contributed by atoms with E-state index in [4.69, 9.17) is 5.11 Å². The fourth-order valence-electron chi connectivity index (χ4n) is 3.68. The van der Waals surface area contributed by atoms with Gasteiger partial charge in [0.1, 0.15) is 0 Å². The lowest BCUT2D eigenvalue weighted by atomic mass is 10.2. The molecule has 1 fully saturated rings. The largest absolute Gasteiger partial charge is 0.480 e. The predicted octanol–water partition coefficient (Wildman–Crippen LogP) is -1.28. The van der Waals surface area contributed by atoms with Gasteiger partial charge in [-0.15, -0.1) is 0 Å². The summed E-state index contributed by atoms with van der Waals surface area (Å²) in [4.78, 5) is 51.9. The Hall–Kier alpha value is -2.28. The second-order valence-electron chi connectivity index (χ2n) is 7.89. The molecular formula is C19H34N4O8. The number of nitrogens with zero attached hydrogens (tertiary/aromatic N) is 4. The van der Waals surface area contributed by atoms with E-state index in [0.29, 0.717) is 58.7 Å². The highest BCUT2D eigenvalue weighted by Gasteiger charge is 2.23. The topological polar surface area (TPSA) is 162 Å². The molecule has 12 nitrogen and oxygen atoms in total. The normalized spacial score (nSPS) is 21.9. The molecule has 1 atom stereocenters. The first-order chi connectivity index (χ1) is 14.6. The van der Waals surface area contributed by atoms with Crippen LogP contribution in [0.25, 0.3) is 0 Å². The quantitative estimate of drug-likeness (QED) is 0.350. The lowest BCUT2D eigenvalue weighted by Gasteiger charge is -2.34. The minimum Gasteiger partial charge on any atom is -0.480 e. The molecule has 1 saturated heterocycles. The third-order valence-electron chi connectivity index (χ3n) is 5.20. The van der Waals surface area contributed by atoms with Crippen LogP contribution in [0.1, 0.15) is 19.8 Å². The summed E-state index contributed by atoms with van der Waals surface area (Å²) in [5.74, 6) is -3.98. The number of carbonyl (C=O) groups is 4. The Bertz CT molecular complexity index is 618. The van der Waals surface area contributed by atoms with Crippen LogP contribution >= 0.6 is 0 Å². The highest BCUT2D eigenvalue weighted by molar-refractivity contribution is 5.70. The van der Waals surface area contributed by atoms with Gasteiger partial charge in [0.25, 0.3) is 0 Å². The van der Waals surface area contributed by atoms with Crippen LogP contribution in [0.5, 0.6) is 0 Å². The summed E-state index contributed by atoms with van der Waals surface area (Å²) in [6.45, 7) is 3.69. The van der Waals surface area contributed by atoms with Gasteiger partial charge in [-0.05, 0) is 32.9 Å². The van der Waals surface area contributed by atoms with Gasteiger partial charge in [0.05, 0.1) is 26.2 Å². The first-order valence-corrected chi connectivity index (χ1v) is 10.3. The van der Waals surface area contributed by atoms with Crippen molar-refractivity contribution in [3.05, 3.63) is 0 Å². The van der Waals surface area contributed by atoms with Crippen molar-refractivity contribution in [2.45, 2.75) is 25.8 Å². The Kier molecular flexibility index (Phi) is 12.0. The standard InChI is InChI=1S/C19H34N4O8/c1-15-10-22(13-18(28)29)9-8-21(12-17(26)27)7-6-20(11-16(24)25)4-2-3-5-23(15)14-19(30)31/h15H,2-14H2,1H3,(H,24,25)(H,26,27)(H,28,29)(H,30,31). The zero-order valence-electron chi connectivity index (χ0n) is 18.0. The molecule has 1 unspecified atom stereocenters. The predicted molar refractivity (Wildman–Crippen MR) is 110 cm³/mol. The molecule has 0 aromatic heterocycles. The van der Waals surface area contributed by atoms with Crippen LogP contribution in [-0.2, 0) is 19.2 Å². The van der Waals surface area contributed by atoms with Crippen LogP contribution in [0.15, 0.2) is 0 Å². The van der Waals surface area contributed by atoms with E-state index in [9.17, 15) is 34.5 Å². The molecular weight excluding hydrogens is 412 g/mol. The van der Waals surface area contributed by atoms with Gasteiger partial charge in [0.2, 0.25) is 0 Å². The monoisotopic (exact) mass is 446 g/mol. The number of hydrogen-bond acceptors (Lipinski definition) is 8. The van der Waals surface area contributed by atoms with Crippen LogP contribution < -0.4 is 0 Å². The average molecular weight is 447 g/mol. The van der Waals surface area contributed by atoms with E-state index in [2.05, 4.69) is 0 Å². The molecule has 4 N–H and O–H groups in total. The minimum absolute atomic E-state index is 0.165. The Balaban J connectivity index is 3.01. The summed E-state index contributed by atoms with van der Waals surface area (Å²) in [5.41, 5.74) is 0. The molecule has 0 saturated carbocycles. The van der Waals surface area contributed by atoms with E-state index >= 15 is 0 Å². The highest BCUT2D eigenvalue weighted by Crippen LogP contribution is 2.08. The van der Waals surface area contributed by atoms with E-state index in [-0.39, 0.29) is 32.2 Å². The summed E-state index contributed by atoms with van der Waals surface area (Å²) in [6, 6.07) is -0.221. The summed E-state index contributed by atoms with van der Waals surface area (Å²) < 4.78 is 0. The fourth-order valence-corrected chi connectivity index (χ4v) is 3.68. The van der Waals surface area contributed by atoms with E-state index < -0.39 is 23.9 Å². The maximum absolute atomic E-state index is 11.3. The first kappa shape index (κ1) is 26.8. The number of carboxylic acids is 4. The van der Waals surface area contributed by atoms with Crippen molar-refractivity contribution in [1.82, 2.24) is 19.6 Å². The Morgan fingerprint density at radius 3 is 1.48 bits per heavy atom. The molecule has 178 valence electrons. The molecule has 1 aliphatic heterocycles. The molecule has 0 radical (unpaired) electrons. The Labute approximate surface area is 181 Å². The SMILES string of the molecule is CC1CN(CC(=O)O)CCN(CC(=O)O)CCN(CC(=O)O)CCCCN1CC(=O)O. The fraction of sp³-hybridized carbons (Fsp3) is 0.789. The summed E-state index contributed by atoms with van der Waals surface area (Å²) in [6.07, 6.45) is 1.32. The van der Waals surface area contributed by atoms with Crippen LogP contribution in [-0.4, -0.2) is 142 Å². The zero-order chi connectivity index (χ0) is 23.4. The molecule has 1 heterocycles. The number of hydrogen-bond donors (Lipinski definition) is 4. The molecule has 0 aromatic carbocycles. The van der Waals surface area contributed by atoms with Crippen LogP contribution in [0.4, 0.5) is 0 Å². The van der Waals surface area contributed by atoms with Crippen molar-refractivity contribution in [2.75, 3.05) is 72.0 Å². The van der Waals surface area contributed by atoms with E-state index in [1.165, 1.54) is 0 Å². The molecule has 0 aliphatic carbocycles. The minimum atomic E-state index is -1.02. The van der Waals surface area contributed by atoms with Crippen molar-refractivity contribution in [3.8, 4) is 0 Å². The molecule has 1 aliphatic rings. The van der Waals surface area contributed by atoms with E-state index in [1.807, 2.05) is 6.92 Å². The van der Waals surface area contributed by atoms with Crippen LogP contribution in [0, 0.1) is 0 Å². The third kappa shape index (κ3) is 12.2. The van der Waals surface area contributed by atoms with Gasteiger partial charge in [-0.2, -0.15) is 0 Å². The summed E-state index contributed by atoms with van der Waals surface area (Å²) >= 11 is 0. The van der Waals surface area contributed by atoms with E-state index in [1.54, 1.807) is 19.6 Å². The van der Waals surface area contributed by atoms with Gasteiger partial charge >= 0.3 is 23.9 Å². The number of rotatable bonds is 8. The van der Waals surface area contributed by atoms with Crippen molar-refractivity contribution >= 4 is 23.9 Å². The molecule has 1 rings (SSSR count). The maximum Gasteiger partial charge on any atom is 0.317 e. The second-order valence-corrected chi connectivity index (χ2v) is 7.89. The van der Waals surface area contributed by atoms with Crippen LogP contribution in [0.3, 0.4) is 0 Å². The van der Waals surface area contributed by atoms with Crippen LogP contribution in [0.2, 0.25) is 0 Å². The van der Waals surface area contributed by atoms with Gasteiger partial charge in [-0.1, -0.05) is 0 Å².